The zero-order valence-corrected chi connectivity index (χ0v) is 51.7. The number of aliphatic hydroxyl groups excluding tert-OH is 1. The van der Waals surface area contributed by atoms with Gasteiger partial charge in [-0.1, -0.05) is 89.0 Å². The van der Waals surface area contributed by atoms with E-state index in [4.69, 9.17) is 16.9 Å². The van der Waals surface area contributed by atoms with E-state index < -0.39 is 151 Å². The monoisotopic (exact) mass is 1260 g/mol. The van der Waals surface area contributed by atoms with Crippen LogP contribution in [0.15, 0.2) is 72.5 Å². The Hall–Kier alpha value is -9.35. The van der Waals surface area contributed by atoms with Crippen LogP contribution in [0.4, 0.5) is 0 Å². The van der Waals surface area contributed by atoms with Crippen molar-refractivity contribution in [1.29, 1.82) is 5.41 Å². The molecule has 0 saturated heterocycles. The fourth-order valence-corrected chi connectivity index (χ4v) is 9.78. The lowest BCUT2D eigenvalue weighted by Gasteiger charge is -2.29. The number of rotatable bonds is 36. The lowest BCUT2D eigenvalue weighted by atomic mass is 9.84. The fraction of sp³-hybridized carbons (Fsp3) is 0.550. The Bertz CT molecular complexity index is 2800. The Morgan fingerprint density at radius 3 is 1.87 bits per heavy atom. The molecular formula is C60H91N15O15. The van der Waals surface area contributed by atoms with Gasteiger partial charge in [-0.3, -0.25) is 62.9 Å². The number of benzene rings is 1. The molecule has 0 unspecified atom stereocenters. The summed E-state index contributed by atoms with van der Waals surface area (Å²) in [6.45, 7) is 9.83. The molecule has 496 valence electrons. The van der Waals surface area contributed by atoms with Gasteiger partial charge in [-0.05, 0) is 79.7 Å². The van der Waals surface area contributed by atoms with Crippen LogP contribution in [0.5, 0.6) is 5.75 Å². The molecule has 0 spiro atoms. The maximum absolute atomic E-state index is 14.2. The number of amides is 11. The van der Waals surface area contributed by atoms with E-state index in [0.29, 0.717) is 36.1 Å². The number of phenols is 1. The van der Waals surface area contributed by atoms with E-state index in [0.717, 1.165) is 33.1 Å². The molecule has 1 aromatic carbocycles. The van der Waals surface area contributed by atoms with Crippen LogP contribution >= 0.6 is 0 Å². The molecule has 0 radical (unpaired) electrons. The molecule has 0 aromatic heterocycles. The van der Waals surface area contributed by atoms with Gasteiger partial charge in [-0.15, -0.1) is 0 Å². The number of carbonyl (C=O) groups is 12. The van der Waals surface area contributed by atoms with Gasteiger partial charge < -0.3 is 90.6 Å². The Labute approximate surface area is 523 Å². The molecule has 2 aliphatic rings. The minimum absolute atomic E-state index is 0.00112. The minimum Gasteiger partial charge on any atom is -0.508 e. The summed E-state index contributed by atoms with van der Waals surface area (Å²) >= 11 is 0. The summed E-state index contributed by atoms with van der Waals surface area (Å²) in [7, 11) is 1.54. The van der Waals surface area contributed by atoms with Gasteiger partial charge in [0.25, 0.3) is 0 Å². The smallest absolute Gasteiger partial charge is 0.303 e. The average Bonchev–Trinajstić information content (AvgIpc) is 2.18. The maximum Gasteiger partial charge on any atom is 0.303 e. The first-order chi connectivity index (χ1) is 42.6. The van der Waals surface area contributed by atoms with Crippen molar-refractivity contribution in [2.24, 2.45) is 23.3 Å². The highest BCUT2D eigenvalue weighted by Gasteiger charge is 2.37. The lowest BCUT2D eigenvalue weighted by Crippen LogP contribution is -2.61. The van der Waals surface area contributed by atoms with E-state index in [9.17, 15) is 72.9 Å². The van der Waals surface area contributed by atoms with Crippen molar-refractivity contribution in [3.63, 3.8) is 0 Å². The topological polar surface area (TPSA) is 486 Å². The van der Waals surface area contributed by atoms with Gasteiger partial charge >= 0.3 is 5.97 Å². The summed E-state index contributed by atoms with van der Waals surface area (Å²) in [4.78, 5) is 161. The number of carbonyl (C=O) groups excluding carboxylic acids is 11. The molecule has 11 amide bonds. The Balaban J connectivity index is 1.83. The third-order valence-electron chi connectivity index (χ3n) is 14.6. The number of hydrogen-bond donors (Lipinski definition) is 18. The van der Waals surface area contributed by atoms with Crippen molar-refractivity contribution < 1.29 is 72.9 Å². The number of nitrogens with two attached hydrogens (primary N) is 2. The Kier molecular flexibility index (Phi) is 32.3. The predicted octanol–water partition coefficient (Wildman–Crippen LogP) is -2.36. The first kappa shape index (κ1) is 74.9. The lowest BCUT2D eigenvalue weighted by molar-refractivity contribution is -0.139. The molecular weight excluding hydrogens is 1170 g/mol. The fourth-order valence-electron chi connectivity index (χ4n) is 9.78. The molecule has 3 rings (SSSR count). The largest absolute Gasteiger partial charge is 0.508 e. The standard InChI is InChI=1S/C60H91N15O15/c1-33(2)26-44(56(87)70-41(17-13-25-66-60(63)64-6)54(85)72-43(52(62)83)29-39-31-65-24-12-8-9-14-34(39)3)69-49(80)32-67-53(84)45(27-37-15-10-7-11-16-37)74-59(90)51(35(4)76)75-58(89)47(30-48(61)79)73-55(86)42(22-23-50(81)82)71-57(88)46(68-36(5)77)28-38-18-20-40(78)21-19-38/h8-9,12,14,18-21,31,33,35,37,41-47,51,65,76,78H,3,7,10-11,13,15-17,22-30,32H2,1-2,4-6H3,(H2,61,79)(H2,62,83)(H,67,84)(H,68,77)(H,69,80)(H,70,87)(H,71,88)(H,72,85)(H,73,86)(H,74,90)(H,75,89)(H,81,82)(H3,63,64,66)/b12-8-,14-9-,39-31-/t35-,41+,42+,43+,44+,45+,46-,47+,51+/m1/s1. The maximum atomic E-state index is 14.2. The van der Waals surface area contributed by atoms with Crippen LogP contribution in [-0.4, -0.2) is 173 Å². The zero-order chi connectivity index (χ0) is 67.0. The zero-order valence-electron chi connectivity index (χ0n) is 51.7. The highest BCUT2D eigenvalue weighted by molar-refractivity contribution is 5.99. The number of aliphatic hydroxyl groups is 1. The van der Waals surface area contributed by atoms with Crippen LogP contribution in [-0.2, 0) is 64.0 Å². The number of aliphatic carboxylic acids is 1. The van der Waals surface area contributed by atoms with E-state index in [1.54, 1.807) is 32.2 Å². The van der Waals surface area contributed by atoms with Crippen molar-refractivity contribution in [3.8, 4) is 5.75 Å². The van der Waals surface area contributed by atoms with E-state index >= 15 is 0 Å². The van der Waals surface area contributed by atoms with Crippen molar-refractivity contribution in [2.75, 3.05) is 26.7 Å². The van der Waals surface area contributed by atoms with Gasteiger partial charge in [0.2, 0.25) is 65.0 Å². The molecule has 30 nitrogen and oxygen atoms in total. The van der Waals surface area contributed by atoms with Crippen LogP contribution in [0.1, 0.15) is 117 Å². The quantitative estimate of drug-likeness (QED) is 0.0190. The number of carboxylic acids is 1. The van der Waals surface area contributed by atoms with Crippen molar-refractivity contribution in [2.45, 2.75) is 172 Å². The SMILES string of the molecule is C=C1/C=C\C=C/CN/C=C\1C[C@H](NC(=O)[C@H](CCCNC(=N)NC)NC(=O)[C@H](CC(C)C)NC(=O)CNC(=O)[C@H](CC1CCCCC1)NC(=O)[C@@H](NC(=O)[C@H](CC(N)=O)NC(=O)[C@H](CCC(=O)O)NC(=O)[C@@H](Cc1ccc(O)cc1)NC(C)=O)[C@@H](C)O)C(N)=O. The third kappa shape index (κ3) is 28.2. The van der Waals surface area contributed by atoms with Gasteiger partial charge in [0.15, 0.2) is 5.96 Å². The number of allylic oxidation sites excluding steroid dienone is 4. The number of phenolic OH excluding ortho intramolecular Hbond substituents is 1. The summed E-state index contributed by atoms with van der Waals surface area (Å²) in [5.41, 5.74) is 12.9. The molecule has 30 heteroatoms. The van der Waals surface area contributed by atoms with Gasteiger partial charge in [0, 0.05) is 52.5 Å². The number of nitrogens with one attached hydrogen (secondary N) is 13. The first-order valence-electron chi connectivity index (χ1n) is 29.9. The third-order valence-corrected chi connectivity index (χ3v) is 14.6. The second-order valence-corrected chi connectivity index (χ2v) is 22.7. The van der Waals surface area contributed by atoms with E-state index in [1.165, 1.54) is 31.3 Å². The van der Waals surface area contributed by atoms with Crippen LogP contribution in [0.3, 0.4) is 0 Å². The average molecular weight is 1260 g/mol. The molecule has 0 bridgehead atoms. The van der Waals surface area contributed by atoms with Crippen molar-refractivity contribution >= 4 is 76.9 Å². The van der Waals surface area contributed by atoms with Gasteiger partial charge in [0.05, 0.1) is 19.1 Å². The molecule has 1 heterocycles. The first-order valence-corrected chi connectivity index (χ1v) is 29.9. The van der Waals surface area contributed by atoms with Crippen LogP contribution < -0.4 is 75.3 Å². The summed E-state index contributed by atoms with van der Waals surface area (Å²) in [6, 6.07) is -6.36. The molecule has 1 fully saturated rings. The second-order valence-electron chi connectivity index (χ2n) is 22.7. The minimum atomic E-state index is -1.90. The summed E-state index contributed by atoms with van der Waals surface area (Å²) in [5, 5.41) is 69.0. The number of primary amides is 2. The highest BCUT2D eigenvalue weighted by atomic mass is 16.4. The molecule has 1 aliphatic heterocycles. The Morgan fingerprint density at radius 1 is 0.689 bits per heavy atom. The summed E-state index contributed by atoms with van der Waals surface area (Å²) in [6.07, 6.45) is 9.05. The summed E-state index contributed by atoms with van der Waals surface area (Å²) in [5.74, 6) is -12.1. The molecule has 90 heavy (non-hydrogen) atoms. The van der Waals surface area contributed by atoms with Crippen molar-refractivity contribution in [1.82, 2.24) is 63.8 Å². The summed E-state index contributed by atoms with van der Waals surface area (Å²) < 4.78 is 0. The molecule has 1 aromatic rings. The molecule has 20 N–H and O–H groups in total. The van der Waals surface area contributed by atoms with Gasteiger partial charge in [-0.2, -0.15) is 0 Å². The number of hydrogen-bond acceptors (Lipinski definition) is 16. The molecule has 1 aliphatic carbocycles. The number of aromatic hydroxyl groups is 1. The molecule has 1 saturated carbocycles. The van der Waals surface area contributed by atoms with E-state index in [2.05, 4.69) is 70.4 Å². The van der Waals surface area contributed by atoms with E-state index in [-0.39, 0.29) is 68.6 Å². The second kappa shape index (κ2) is 38.8. The van der Waals surface area contributed by atoms with Gasteiger partial charge in [0.1, 0.15) is 54.1 Å². The predicted molar refractivity (Wildman–Crippen MR) is 330 cm³/mol. The van der Waals surface area contributed by atoms with Crippen LogP contribution in [0.2, 0.25) is 0 Å². The number of carboxylic acid groups (broad SMARTS) is 1. The Morgan fingerprint density at radius 2 is 1.28 bits per heavy atom. The van der Waals surface area contributed by atoms with Crippen LogP contribution in [0, 0.1) is 17.2 Å². The number of guanidine groups is 1. The van der Waals surface area contributed by atoms with E-state index in [1.807, 2.05) is 12.2 Å². The normalized spacial score (nSPS) is 17.5. The van der Waals surface area contributed by atoms with Crippen molar-refractivity contribution in [3.05, 3.63) is 78.1 Å². The molecule has 9 atom stereocenters. The van der Waals surface area contributed by atoms with Gasteiger partial charge in [-0.25, -0.2) is 0 Å². The van der Waals surface area contributed by atoms with Crippen LogP contribution in [0.25, 0.3) is 0 Å². The highest BCUT2D eigenvalue weighted by Crippen LogP contribution is 2.28.